The molecule has 3 rings (SSSR count). The van der Waals surface area contributed by atoms with Gasteiger partial charge in [0.2, 0.25) is 5.78 Å². The Hall–Kier alpha value is -1.47. The summed E-state index contributed by atoms with van der Waals surface area (Å²) >= 11 is 12.2. The first kappa shape index (κ1) is 17.4. The van der Waals surface area contributed by atoms with Gasteiger partial charge in [0.1, 0.15) is 0 Å². The summed E-state index contributed by atoms with van der Waals surface area (Å²) in [4.78, 5) is 26.8. The second-order valence-corrected chi connectivity index (χ2v) is 8.32. The van der Waals surface area contributed by atoms with Crippen molar-refractivity contribution in [3.05, 3.63) is 77.5 Å². The third kappa shape index (κ3) is 3.95. The van der Waals surface area contributed by atoms with Crippen LogP contribution in [0.25, 0.3) is 0 Å². The Morgan fingerprint density at radius 3 is 2.71 bits per heavy atom. The zero-order valence-electron chi connectivity index (χ0n) is 12.2. The quantitative estimate of drug-likeness (QED) is 0.541. The largest absolute Gasteiger partial charge is 0.347 e. The Morgan fingerprint density at radius 1 is 1.12 bits per heavy atom. The number of ketones is 1. The molecule has 7 heteroatoms. The van der Waals surface area contributed by atoms with Gasteiger partial charge in [0.05, 0.1) is 26.9 Å². The summed E-state index contributed by atoms with van der Waals surface area (Å²) in [5, 5.41) is 5.11. The van der Waals surface area contributed by atoms with Gasteiger partial charge >= 0.3 is 0 Å². The number of benzene rings is 1. The maximum absolute atomic E-state index is 12.3. The molecule has 3 aromatic rings. The van der Waals surface area contributed by atoms with Crippen LogP contribution in [-0.2, 0) is 6.54 Å². The van der Waals surface area contributed by atoms with Gasteiger partial charge in [-0.1, -0.05) is 33.6 Å². The average Bonchev–Trinajstić information content (AvgIpc) is 3.26. The second kappa shape index (κ2) is 7.61. The molecule has 0 atom stereocenters. The fraction of sp³-hybridized carbons (Fsp3) is 0.0588. The highest BCUT2D eigenvalue weighted by molar-refractivity contribution is 9.10. The van der Waals surface area contributed by atoms with E-state index in [4.69, 9.17) is 11.6 Å². The molecular formula is C17H11BrClNO2S2. The molecule has 1 N–H and O–H groups in total. The lowest BCUT2D eigenvalue weighted by molar-refractivity contribution is 0.0951. The minimum absolute atomic E-state index is 0.0163. The van der Waals surface area contributed by atoms with Crippen LogP contribution in [0.15, 0.2) is 52.3 Å². The molecule has 0 saturated heterocycles. The third-order valence-corrected chi connectivity index (χ3v) is 6.00. The number of rotatable bonds is 5. The summed E-state index contributed by atoms with van der Waals surface area (Å²) in [6.45, 7) is 0.351. The van der Waals surface area contributed by atoms with Gasteiger partial charge in [0.15, 0.2) is 0 Å². The third-order valence-electron chi connectivity index (χ3n) is 3.23. The molecule has 0 saturated carbocycles. The van der Waals surface area contributed by atoms with Crippen molar-refractivity contribution in [1.29, 1.82) is 0 Å². The van der Waals surface area contributed by atoms with Gasteiger partial charge in [-0.3, -0.25) is 9.59 Å². The molecule has 3 nitrogen and oxygen atoms in total. The molecule has 1 aromatic carbocycles. The molecule has 0 bridgehead atoms. The van der Waals surface area contributed by atoms with Crippen molar-refractivity contribution in [2.75, 3.05) is 0 Å². The summed E-state index contributed by atoms with van der Waals surface area (Å²) in [5.74, 6) is -0.233. The van der Waals surface area contributed by atoms with E-state index in [1.165, 1.54) is 22.7 Å². The number of carbonyl (C=O) groups is 2. The Morgan fingerprint density at radius 2 is 1.96 bits per heavy atom. The predicted molar refractivity (Wildman–Crippen MR) is 102 cm³/mol. The Labute approximate surface area is 160 Å². The summed E-state index contributed by atoms with van der Waals surface area (Å²) in [5.41, 5.74) is 0.414. The minimum Gasteiger partial charge on any atom is -0.347 e. The van der Waals surface area contributed by atoms with Crippen LogP contribution in [0.4, 0.5) is 0 Å². The van der Waals surface area contributed by atoms with Gasteiger partial charge in [0.25, 0.3) is 5.91 Å². The van der Waals surface area contributed by atoms with E-state index in [1.54, 1.807) is 24.3 Å². The number of hydrogen-bond acceptors (Lipinski definition) is 4. The van der Waals surface area contributed by atoms with Crippen LogP contribution in [0.3, 0.4) is 0 Å². The maximum Gasteiger partial charge on any atom is 0.253 e. The smallest absolute Gasteiger partial charge is 0.253 e. The first-order valence-electron chi connectivity index (χ1n) is 6.95. The van der Waals surface area contributed by atoms with E-state index in [1.807, 2.05) is 23.6 Å². The predicted octanol–water partition coefficient (Wildman–Crippen LogP) is 5.39. The molecule has 0 aliphatic heterocycles. The monoisotopic (exact) mass is 439 g/mol. The van der Waals surface area contributed by atoms with Crippen molar-refractivity contribution < 1.29 is 9.59 Å². The summed E-state index contributed by atoms with van der Waals surface area (Å²) in [6.07, 6.45) is 0. The van der Waals surface area contributed by atoms with Crippen LogP contribution in [0, 0.1) is 0 Å². The molecule has 1 amide bonds. The maximum atomic E-state index is 12.3. The molecule has 0 spiro atoms. The van der Waals surface area contributed by atoms with Crippen LogP contribution in [0.1, 0.15) is 29.8 Å². The number of amides is 1. The molecule has 2 heterocycles. The summed E-state index contributed by atoms with van der Waals surface area (Å²) in [6, 6.07) is 12.4. The lowest BCUT2D eigenvalue weighted by atomic mass is 10.2. The van der Waals surface area contributed by atoms with E-state index in [2.05, 4.69) is 21.2 Å². The van der Waals surface area contributed by atoms with Gasteiger partial charge in [-0.2, -0.15) is 0 Å². The topological polar surface area (TPSA) is 46.2 Å². The molecule has 24 heavy (non-hydrogen) atoms. The molecular weight excluding hydrogens is 430 g/mol. The number of carbonyl (C=O) groups excluding carboxylic acids is 2. The fourth-order valence-electron chi connectivity index (χ4n) is 2.06. The van der Waals surface area contributed by atoms with Crippen LogP contribution in [-0.4, -0.2) is 11.7 Å². The molecule has 0 radical (unpaired) electrons. The zero-order valence-corrected chi connectivity index (χ0v) is 16.2. The van der Waals surface area contributed by atoms with E-state index < -0.39 is 0 Å². The highest BCUT2D eigenvalue weighted by Crippen LogP contribution is 2.23. The average molecular weight is 441 g/mol. The second-order valence-electron chi connectivity index (χ2n) is 4.88. The molecule has 0 aliphatic carbocycles. The molecule has 0 fully saturated rings. The standard InChI is InChI=1S/C17H11BrClNO2S2/c18-10-3-5-13(19)12(8-10)17(22)20-9-11-4-6-15(24-11)16(21)14-2-1-7-23-14/h1-8H,9H2,(H,20,22). The molecule has 2 aromatic heterocycles. The van der Waals surface area contributed by atoms with Crippen molar-refractivity contribution in [3.63, 3.8) is 0 Å². The first-order valence-corrected chi connectivity index (χ1v) is 9.81. The number of thiophene rings is 2. The Bertz CT molecular complexity index is 890. The van der Waals surface area contributed by atoms with E-state index in [0.717, 1.165) is 9.35 Å². The number of hydrogen-bond donors (Lipinski definition) is 1. The number of halogens is 2. The van der Waals surface area contributed by atoms with Gasteiger partial charge in [-0.15, -0.1) is 22.7 Å². The van der Waals surface area contributed by atoms with Crippen LogP contribution >= 0.6 is 50.2 Å². The van der Waals surface area contributed by atoms with Crippen molar-refractivity contribution in [3.8, 4) is 0 Å². The van der Waals surface area contributed by atoms with Crippen LogP contribution < -0.4 is 5.32 Å². The van der Waals surface area contributed by atoms with Crippen molar-refractivity contribution >= 4 is 61.9 Å². The highest BCUT2D eigenvalue weighted by Gasteiger charge is 2.14. The fourth-order valence-corrected chi connectivity index (χ4v) is 4.27. The van der Waals surface area contributed by atoms with Crippen molar-refractivity contribution in [2.45, 2.75) is 6.54 Å². The molecule has 122 valence electrons. The van der Waals surface area contributed by atoms with E-state index in [0.29, 0.717) is 26.9 Å². The van der Waals surface area contributed by atoms with Gasteiger partial charge in [-0.05, 0) is 41.8 Å². The normalized spacial score (nSPS) is 10.6. The molecule has 0 unspecified atom stereocenters. The summed E-state index contributed by atoms with van der Waals surface area (Å²) in [7, 11) is 0. The zero-order chi connectivity index (χ0) is 17.1. The Kier molecular flexibility index (Phi) is 5.50. The van der Waals surface area contributed by atoms with E-state index in [9.17, 15) is 9.59 Å². The van der Waals surface area contributed by atoms with Crippen LogP contribution in [0.5, 0.6) is 0 Å². The van der Waals surface area contributed by atoms with Gasteiger partial charge < -0.3 is 5.32 Å². The lowest BCUT2D eigenvalue weighted by Crippen LogP contribution is -2.22. The SMILES string of the molecule is O=C(c1cccs1)c1ccc(CNC(=O)c2cc(Br)ccc2Cl)s1. The van der Waals surface area contributed by atoms with E-state index >= 15 is 0 Å². The minimum atomic E-state index is -0.249. The molecule has 0 aliphatic rings. The number of nitrogens with one attached hydrogen (secondary N) is 1. The van der Waals surface area contributed by atoms with Crippen molar-refractivity contribution in [2.24, 2.45) is 0 Å². The van der Waals surface area contributed by atoms with Gasteiger partial charge in [-0.25, -0.2) is 0 Å². The summed E-state index contributed by atoms with van der Waals surface area (Å²) < 4.78 is 0.789. The first-order chi connectivity index (χ1) is 11.5. The van der Waals surface area contributed by atoms with E-state index in [-0.39, 0.29) is 11.7 Å². The van der Waals surface area contributed by atoms with Crippen LogP contribution in [0.2, 0.25) is 5.02 Å². The lowest BCUT2D eigenvalue weighted by Gasteiger charge is -2.06. The highest BCUT2D eigenvalue weighted by atomic mass is 79.9. The van der Waals surface area contributed by atoms with Gasteiger partial charge in [0, 0.05) is 9.35 Å². The van der Waals surface area contributed by atoms with Crippen molar-refractivity contribution in [1.82, 2.24) is 5.32 Å². The Balaban J connectivity index is 1.66.